The molecule has 1 atom stereocenters. The Morgan fingerprint density at radius 2 is 1.83 bits per heavy atom. The number of aryl methyl sites for hydroxylation is 1. The smallest absolute Gasteiger partial charge is 0.352 e. The van der Waals surface area contributed by atoms with Gasteiger partial charge in [0.2, 0.25) is 0 Å². The van der Waals surface area contributed by atoms with E-state index in [9.17, 15) is 13.2 Å². The fourth-order valence-electron chi connectivity index (χ4n) is 2.81. The molecule has 2 heterocycles. The molecule has 23 heavy (non-hydrogen) atoms. The van der Waals surface area contributed by atoms with Crippen molar-refractivity contribution in [2.24, 2.45) is 0 Å². The van der Waals surface area contributed by atoms with Gasteiger partial charge < -0.3 is 9.47 Å². The SMILES string of the molecule is C=C1c2nnc(C)n2CCN1C(c1ccc(Br)cc1)C(F)(F)F. The van der Waals surface area contributed by atoms with Crippen molar-refractivity contribution in [1.29, 1.82) is 0 Å². The van der Waals surface area contributed by atoms with Crippen molar-refractivity contribution < 1.29 is 13.2 Å². The molecule has 4 nitrogen and oxygen atoms in total. The molecule has 1 aromatic carbocycles. The summed E-state index contributed by atoms with van der Waals surface area (Å²) in [6, 6.07) is 4.40. The lowest BCUT2D eigenvalue weighted by atomic mass is 10.0. The maximum atomic E-state index is 13.7. The topological polar surface area (TPSA) is 34.0 Å². The number of rotatable bonds is 2. The Balaban J connectivity index is 2.02. The van der Waals surface area contributed by atoms with E-state index < -0.39 is 12.2 Å². The van der Waals surface area contributed by atoms with Gasteiger partial charge in [0.25, 0.3) is 0 Å². The molecule has 1 unspecified atom stereocenters. The van der Waals surface area contributed by atoms with E-state index in [1.807, 2.05) is 0 Å². The third-order valence-corrected chi connectivity index (χ3v) is 4.44. The van der Waals surface area contributed by atoms with Gasteiger partial charge in [0.05, 0.1) is 5.70 Å². The lowest BCUT2D eigenvalue weighted by Crippen LogP contribution is -2.42. The number of aromatic nitrogens is 3. The van der Waals surface area contributed by atoms with Gasteiger partial charge in [-0.05, 0) is 24.6 Å². The number of halogens is 4. The third kappa shape index (κ3) is 2.87. The summed E-state index contributed by atoms with van der Waals surface area (Å²) in [6.45, 7) is 6.19. The highest BCUT2D eigenvalue weighted by Crippen LogP contribution is 2.42. The molecule has 0 saturated heterocycles. The van der Waals surface area contributed by atoms with Crippen LogP contribution in [0, 0.1) is 6.92 Å². The maximum absolute atomic E-state index is 13.7. The molecular formula is C15H14BrF3N4. The van der Waals surface area contributed by atoms with Crippen molar-refractivity contribution in [1.82, 2.24) is 19.7 Å². The van der Waals surface area contributed by atoms with Crippen LogP contribution in [0.4, 0.5) is 13.2 Å². The molecule has 8 heteroatoms. The number of nitrogens with zero attached hydrogens (tertiary/aromatic N) is 4. The van der Waals surface area contributed by atoms with Gasteiger partial charge in [-0.2, -0.15) is 13.2 Å². The minimum absolute atomic E-state index is 0.173. The van der Waals surface area contributed by atoms with E-state index in [-0.39, 0.29) is 17.8 Å². The second-order valence-electron chi connectivity index (χ2n) is 5.36. The van der Waals surface area contributed by atoms with E-state index in [4.69, 9.17) is 0 Å². The van der Waals surface area contributed by atoms with E-state index in [1.54, 1.807) is 23.6 Å². The molecule has 1 aromatic heterocycles. The summed E-state index contributed by atoms with van der Waals surface area (Å²) in [6.07, 6.45) is -4.42. The highest BCUT2D eigenvalue weighted by Gasteiger charge is 2.46. The van der Waals surface area contributed by atoms with E-state index in [0.29, 0.717) is 18.2 Å². The van der Waals surface area contributed by atoms with Crippen molar-refractivity contribution in [3.8, 4) is 0 Å². The second-order valence-corrected chi connectivity index (χ2v) is 6.27. The van der Waals surface area contributed by atoms with Gasteiger partial charge in [-0.1, -0.05) is 34.6 Å². The Morgan fingerprint density at radius 3 is 2.43 bits per heavy atom. The molecule has 122 valence electrons. The van der Waals surface area contributed by atoms with Gasteiger partial charge in [-0.3, -0.25) is 0 Å². The summed E-state index contributed by atoms with van der Waals surface area (Å²) in [5.41, 5.74) is 0.411. The number of hydrogen-bond donors (Lipinski definition) is 0. The zero-order valence-corrected chi connectivity index (χ0v) is 13.9. The first-order valence-corrected chi connectivity index (χ1v) is 7.76. The second kappa shape index (κ2) is 5.67. The Hall–Kier alpha value is -1.83. The van der Waals surface area contributed by atoms with Gasteiger partial charge in [0.1, 0.15) is 5.82 Å². The van der Waals surface area contributed by atoms with Crippen molar-refractivity contribution in [2.45, 2.75) is 25.7 Å². The molecule has 1 aliphatic rings. The molecule has 3 rings (SSSR count). The van der Waals surface area contributed by atoms with Crippen LogP contribution in [0.5, 0.6) is 0 Å². The fourth-order valence-corrected chi connectivity index (χ4v) is 3.07. The van der Waals surface area contributed by atoms with Gasteiger partial charge >= 0.3 is 6.18 Å². The van der Waals surface area contributed by atoms with E-state index >= 15 is 0 Å². The van der Waals surface area contributed by atoms with E-state index in [1.165, 1.54) is 17.0 Å². The standard InChI is InChI=1S/C15H14BrF3N4/c1-9-14-21-20-10(2)23(14)8-7-22(9)13(15(17,18)19)11-3-5-12(16)6-4-11/h3-6,13H,1,7-8H2,2H3. The zero-order valence-electron chi connectivity index (χ0n) is 12.3. The van der Waals surface area contributed by atoms with Crippen molar-refractivity contribution in [3.05, 3.63) is 52.5 Å². The van der Waals surface area contributed by atoms with Crippen LogP contribution in [0.3, 0.4) is 0 Å². The quantitative estimate of drug-likeness (QED) is 0.783. The lowest BCUT2D eigenvalue weighted by Gasteiger charge is -2.38. The van der Waals surface area contributed by atoms with Crippen LogP contribution in [0.2, 0.25) is 0 Å². The first kappa shape index (κ1) is 16.0. The summed E-state index contributed by atoms with van der Waals surface area (Å²) < 4.78 is 43.6. The first-order valence-electron chi connectivity index (χ1n) is 6.97. The highest BCUT2D eigenvalue weighted by molar-refractivity contribution is 9.10. The van der Waals surface area contributed by atoms with Gasteiger partial charge in [-0.15, -0.1) is 10.2 Å². The van der Waals surface area contributed by atoms with Crippen LogP contribution in [-0.4, -0.2) is 32.4 Å². The molecule has 1 aliphatic heterocycles. The van der Waals surface area contributed by atoms with Crippen LogP contribution < -0.4 is 0 Å². The monoisotopic (exact) mass is 386 g/mol. The summed E-state index contributed by atoms with van der Waals surface area (Å²) in [7, 11) is 0. The van der Waals surface area contributed by atoms with E-state index in [0.717, 1.165) is 4.47 Å². The Kier molecular flexibility index (Phi) is 3.95. The summed E-state index contributed by atoms with van der Waals surface area (Å²) in [5, 5.41) is 7.88. The number of fused-ring (bicyclic) bond motifs is 1. The van der Waals surface area contributed by atoms with Crippen molar-refractivity contribution >= 4 is 21.6 Å². The largest absolute Gasteiger partial charge is 0.412 e. The summed E-state index contributed by atoms with van der Waals surface area (Å²) in [4.78, 5) is 1.26. The first-order chi connectivity index (χ1) is 10.8. The normalized spacial score (nSPS) is 16.4. The Labute approximate surface area is 139 Å². The van der Waals surface area contributed by atoms with Crippen LogP contribution in [-0.2, 0) is 6.54 Å². The summed E-state index contributed by atoms with van der Waals surface area (Å²) in [5.74, 6) is 1.06. The van der Waals surface area contributed by atoms with Crippen LogP contribution >= 0.6 is 15.9 Å². The average Bonchev–Trinajstić information content (AvgIpc) is 2.85. The average molecular weight is 387 g/mol. The number of benzene rings is 1. The molecule has 0 bridgehead atoms. The molecule has 0 radical (unpaired) electrons. The summed E-state index contributed by atoms with van der Waals surface area (Å²) >= 11 is 3.24. The Morgan fingerprint density at radius 1 is 1.17 bits per heavy atom. The molecule has 0 aliphatic carbocycles. The molecule has 0 fully saturated rings. The van der Waals surface area contributed by atoms with Crippen molar-refractivity contribution in [2.75, 3.05) is 6.54 Å². The molecular weight excluding hydrogens is 373 g/mol. The van der Waals surface area contributed by atoms with Gasteiger partial charge in [0, 0.05) is 17.6 Å². The third-order valence-electron chi connectivity index (χ3n) is 3.91. The zero-order chi connectivity index (χ0) is 16.8. The number of hydrogen-bond acceptors (Lipinski definition) is 3. The predicted octanol–water partition coefficient (Wildman–Crippen LogP) is 3.94. The van der Waals surface area contributed by atoms with E-state index in [2.05, 4.69) is 32.7 Å². The molecule has 0 amide bonds. The maximum Gasteiger partial charge on any atom is 0.412 e. The fraction of sp³-hybridized carbons (Fsp3) is 0.333. The van der Waals surface area contributed by atoms with Gasteiger partial charge in [-0.25, -0.2) is 0 Å². The molecule has 0 spiro atoms. The highest BCUT2D eigenvalue weighted by atomic mass is 79.9. The minimum atomic E-state index is -4.42. The molecule has 0 saturated carbocycles. The van der Waals surface area contributed by atoms with Crippen LogP contribution in [0.15, 0.2) is 35.3 Å². The molecule has 2 aromatic rings. The lowest BCUT2D eigenvalue weighted by molar-refractivity contribution is -0.178. The predicted molar refractivity (Wildman–Crippen MR) is 83.4 cm³/mol. The Bertz CT molecular complexity index is 736. The van der Waals surface area contributed by atoms with Crippen molar-refractivity contribution in [3.63, 3.8) is 0 Å². The minimum Gasteiger partial charge on any atom is -0.352 e. The molecule has 0 N–H and O–H groups in total. The number of alkyl halides is 3. The van der Waals surface area contributed by atoms with Gasteiger partial charge in [0.15, 0.2) is 11.9 Å². The van der Waals surface area contributed by atoms with Crippen LogP contribution in [0.25, 0.3) is 5.70 Å². The van der Waals surface area contributed by atoms with Crippen LogP contribution in [0.1, 0.15) is 23.3 Å².